The molecule has 0 fully saturated rings. The van der Waals surface area contributed by atoms with Gasteiger partial charge in [0.05, 0.1) is 6.10 Å². The van der Waals surface area contributed by atoms with Crippen LogP contribution in [0.4, 0.5) is 0 Å². The Morgan fingerprint density at radius 2 is 1.68 bits per heavy atom. The smallest absolute Gasteiger partial charge is 0.327 e. The molecule has 0 aliphatic heterocycles. The number of hydrogen-bond acceptors (Lipinski definition) is 7. The second kappa shape index (κ2) is 10.7. The first-order chi connectivity index (χ1) is 10.2. The van der Waals surface area contributed by atoms with Crippen LogP contribution in [-0.4, -0.2) is 74.3 Å². The van der Waals surface area contributed by atoms with Gasteiger partial charge in [0, 0.05) is 25.0 Å². The Labute approximate surface area is 136 Å². The van der Waals surface area contributed by atoms with Gasteiger partial charge in [-0.05, 0) is 6.42 Å². The van der Waals surface area contributed by atoms with Gasteiger partial charge in [-0.2, -0.15) is 0 Å². The standard InChI is InChI=1S/C12H22N2O6S2/c1-3-8(16)4-14(7(2)15)10(12(19)20)6-22-21-5-9(13)11(17)18/h8-10,16H,3-6,13H2,1-2H3,(H,17,18)(H,19,20). The van der Waals surface area contributed by atoms with Crippen molar-refractivity contribution in [1.29, 1.82) is 0 Å². The Morgan fingerprint density at radius 1 is 1.14 bits per heavy atom. The monoisotopic (exact) mass is 354 g/mol. The summed E-state index contributed by atoms with van der Waals surface area (Å²) in [7, 11) is 2.27. The van der Waals surface area contributed by atoms with Crippen LogP contribution in [0.3, 0.4) is 0 Å². The van der Waals surface area contributed by atoms with Crippen molar-refractivity contribution in [3.63, 3.8) is 0 Å². The second-order valence-electron chi connectivity index (χ2n) is 4.60. The first-order valence-electron chi connectivity index (χ1n) is 6.61. The van der Waals surface area contributed by atoms with Crippen LogP contribution in [0.5, 0.6) is 0 Å². The van der Waals surface area contributed by atoms with Gasteiger partial charge >= 0.3 is 11.9 Å². The van der Waals surface area contributed by atoms with Crippen LogP contribution >= 0.6 is 21.6 Å². The van der Waals surface area contributed by atoms with E-state index in [1.54, 1.807) is 6.92 Å². The van der Waals surface area contributed by atoms with Gasteiger partial charge in [-0.15, -0.1) is 0 Å². The van der Waals surface area contributed by atoms with E-state index in [2.05, 4.69) is 0 Å². The Kier molecular flexibility index (Phi) is 10.2. The van der Waals surface area contributed by atoms with Crippen LogP contribution in [0.15, 0.2) is 0 Å². The van der Waals surface area contributed by atoms with Gasteiger partial charge in [-0.1, -0.05) is 28.5 Å². The minimum Gasteiger partial charge on any atom is -0.480 e. The fourth-order valence-electron chi connectivity index (χ4n) is 1.43. The fourth-order valence-corrected chi connectivity index (χ4v) is 3.77. The lowest BCUT2D eigenvalue weighted by molar-refractivity contribution is -0.149. The lowest BCUT2D eigenvalue weighted by Gasteiger charge is -2.29. The number of carboxylic acid groups (broad SMARTS) is 2. The highest BCUT2D eigenvalue weighted by Crippen LogP contribution is 2.24. The Hall–Kier alpha value is -0.970. The summed E-state index contributed by atoms with van der Waals surface area (Å²) < 4.78 is 0. The number of hydrogen-bond donors (Lipinski definition) is 4. The molecule has 0 rings (SSSR count). The Bertz CT molecular complexity index is 396. The van der Waals surface area contributed by atoms with E-state index in [1.807, 2.05) is 0 Å². The molecule has 10 heteroatoms. The topological polar surface area (TPSA) is 141 Å². The molecular formula is C12H22N2O6S2. The predicted octanol–water partition coefficient (Wildman–Crippen LogP) is -0.148. The van der Waals surface area contributed by atoms with E-state index in [-0.39, 0.29) is 18.1 Å². The van der Waals surface area contributed by atoms with E-state index in [1.165, 1.54) is 6.92 Å². The first-order valence-corrected chi connectivity index (χ1v) is 9.10. The molecule has 128 valence electrons. The molecule has 0 aromatic heterocycles. The van der Waals surface area contributed by atoms with Crippen LogP contribution in [-0.2, 0) is 14.4 Å². The molecule has 1 amide bonds. The van der Waals surface area contributed by atoms with E-state index in [0.29, 0.717) is 6.42 Å². The maximum atomic E-state index is 11.6. The van der Waals surface area contributed by atoms with Crippen molar-refractivity contribution in [2.45, 2.75) is 38.5 Å². The molecule has 3 atom stereocenters. The summed E-state index contributed by atoms with van der Waals surface area (Å²) in [6, 6.07) is -2.11. The predicted molar refractivity (Wildman–Crippen MR) is 85.6 cm³/mol. The summed E-state index contributed by atoms with van der Waals surface area (Å²) in [6.07, 6.45) is -0.380. The van der Waals surface area contributed by atoms with Crippen LogP contribution in [0.25, 0.3) is 0 Å². The lowest BCUT2D eigenvalue weighted by atomic mass is 10.2. The van der Waals surface area contributed by atoms with Gasteiger partial charge in [-0.25, -0.2) is 4.79 Å². The van der Waals surface area contributed by atoms with Gasteiger partial charge < -0.3 is 26.0 Å². The summed E-state index contributed by atoms with van der Waals surface area (Å²) in [6.45, 7) is 2.93. The minimum atomic E-state index is -1.17. The zero-order chi connectivity index (χ0) is 17.3. The van der Waals surface area contributed by atoms with Crippen molar-refractivity contribution in [2.75, 3.05) is 18.1 Å². The SMILES string of the molecule is CCC(O)CN(C(C)=O)C(CSSCC(N)C(=O)O)C(=O)O. The molecule has 3 unspecified atom stereocenters. The van der Waals surface area contributed by atoms with Crippen molar-refractivity contribution in [3.8, 4) is 0 Å². The average molecular weight is 354 g/mol. The molecule has 5 N–H and O–H groups in total. The Morgan fingerprint density at radius 3 is 2.09 bits per heavy atom. The van der Waals surface area contributed by atoms with Crippen LogP contribution in [0.1, 0.15) is 20.3 Å². The highest BCUT2D eigenvalue weighted by Gasteiger charge is 2.29. The third-order valence-electron chi connectivity index (χ3n) is 2.82. The maximum Gasteiger partial charge on any atom is 0.327 e. The third-order valence-corrected chi connectivity index (χ3v) is 5.25. The first kappa shape index (κ1) is 21.0. The minimum absolute atomic E-state index is 0.0529. The van der Waals surface area contributed by atoms with Crippen molar-refractivity contribution >= 4 is 39.4 Å². The van der Waals surface area contributed by atoms with Gasteiger partial charge in [0.2, 0.25) is 5.91 Å². The van der Waals surface area contributed by atoms with Crippen LogP contribution in [0.2, 0.25) is 0 Å². The number of nitrogens with zero attached hydrogens (tertiary/aromatic N) is 1. The van der Waals surface area contributed by atoms with Crippen LogP contribution in [0, 0.1) is 0 Å². The van der Waals surface area contributed by atoms with Crippen LogP contribution < -0.4 is 5.73 Å². The van der Waals surface area contributed by atoms with E-state index >= 15 is 0 Å². The second-order valence-corrected chi connectivity index (χ2v) is 7.15. The fraction of sp³-hybridized carbons (Fsp3) is 0.750. The quantitative estimate of drug-likeness (QED) is 0.294. The van der Waals surface area contributed by atoms with E-state index < -0.39 is 36.0 Å². The lowest BCUT2D eigenvalue weighted by Crippen LogP contribution is -2.48. The molecule has 0 aliphatic rings. The van der Waals surface area contributed by atoms with Crippen molar-refractivity contribution in [3.05, 3.63) is 0 Å². The molecule has 22 heavy (non-hydrogen) atoms. The summed E-state index contributed by atoms with van der Waals surface area (Å²) >= 11 is 0. The molecule has 0 bridgehead atoms. The number of carbonyl (C=O) groups excluding carboxylic acids is 1. The van der Waals surface area contributed by atoms with Crippen molar-refractivity contribution < 1.29 is 29.7 Å². The summed E-state index contributed by atoms with van der Waals surface area (Å²) in [5.41, 5.74) is 5.34. The van der Waals surface area contributed by atoms with Crippen molar-refractivity contribution in [1.82, 2.24) is 4.90 Å². The number of carboxylic acids is 2. The number of amides is 1. The number of nitrogens with two attached hydrogens (primary N) is 1. The zero-order valence-corrected chi connectivity index (χ0v) is 14.1. The van der Waals surface area contributed by atoms with E-state index in [4.69, 9.17) is 10.8 Å². The normalized spacial score (nSPS) is 14.9. The molecular weight excluding hydrogens is 332 g/mol. The third kappa shape index (κ3) is 7.87. The zero-order valence-electron chi connectivity index (χ0n) is 12.5. The number of aliphatic carboxylic acids is 2. The largest absolute Gasteiger partial charge is 0.480 e. The maximum absolute atomic E-state index is 11.6. The molecule has 0 saturated carbocycles. The number of rotatable bonds is 11. The Balaban J connectivity index is 4.58. The average Bonchev–Trinajstić information content (AvgIpc) is 2.44. The number of aliphatic hydroxyl groups is 1. The molecule has 0 aromatic carbocycles. The number of carbonyl (C=O) groups is 3. The highest BCUT2D eigenvalue weighted by molar-refractivity contribution is 8.76. The number of aliphatic hydroxyl groups excluding tert-OH is 1. The summed E-state index contributed by atoms with van der Waals surface area (Å²) in [5.74, 6) is -2.53. The molecule has 0 saturated heterocycles. The van der Waals surface area contributed by atoms with Gasteiger partial charge in [0.15, 0.2) is 0 Å². The van der Waals surface area contributed by atoms with E-state index in [0.717, 1.165) is 26.5 Å². The summed E-state index contributed by atoms with van der Waals surface area (Å²) in [4.78, 5) is 34.6. The molecule has 0 radical (unpaired) electrons. The van der Waals surface area contributed by atoms with Gasteiger partial charge in [0.1, 0.15) is 12.1 Å². The summed E-state index contributed by atoms with van der Waals surface area (Å²) in [5, 5.41) is 27.5. The molecule has 0 heterocycles. The van der Waals surface area contributed by atoms with Gasteiger partial charge in [-0.3, -0.25) is 9.59 Å². The molecule has 8 nitrogen and oxygen atoms in total. The van der Waals surface area contributed by atoms with Gasteiger partial charge in [0.25, 0.3) is 0 Å². The van der Waals surface area contributed by atoms with Crippen molar-refractivity contribution in [2.24, 2.45) is 5.73 Å². The molecule has 0 aromatic rings. The van der Waals surface area contributed by atoms with E-state index in [9.17, 15) is 24.6 Å². The molecule has 0 spiro atoms. The highest BCUT2D eigenvalue weighted by atomic mass is 33.1. The molecule has 0 aliphatic carbocycles.